The fourth-order valence-corrected chi connectivity index (χ4v) is 11.5. The van der Waals surface area contributed by atoms with Crippen molar-refractivity contribution in [3.8, 4) is 0 Å². The molecule has 512 valence electrons. The van der Waals surface area contributed by atoms with Gasteiger partial charge in [-0.1, -0.05) is 349 Å². The number of allylic oxidation sites excluding steroid dienone is 14. The van der Waals surface area contributed by atoms with Crippen LogP contribution in [0.4, 0.5) is 0 Å². The first-order valence-corrected chi connectivity index (χ1v) is 38.8. The number of quaternary nitrogens is 1. The van der Waals surface area contributed by atoms with Crippen LogP contribution in [0.2, 0.25) is 0 Å². The van der Waals surface area contributed by atoms with E-state index in [1.54, 1.807) is 0 Å². The lowest BCUT2D eigenvalue weighted by Gasteiger charge is -2.28. The van der Waals surface area contributed by atoms with Crippen molar-refractivity contribution >= 4 is 19.8 Å². The average Bonchev–Trinajstić information content (AvgIpc) is 3.57. The molecular formula is C78H142NO8P. The Morgan fingerprint density at radius 3 is 0.966 bits per heavy atom. The Bertz CT molecular complexity index is 1760. The number of ether oxygens (including phenoxy) is 2. The number of carbonyl (C=O) groups excluding carboxylic acids is 2. The van der Waals surface area contributed by atoms with Crippen molar-refractivity contribution in [3.05, 3.63) is 85.1 Å². The molecule has 0 amide bonds. The Morgan fingerprint density at radius 2 is 0.648 bits per heavy atom. The van der Waals surface area contributed by atoms with Crippen molar-refractivity contribution < 1.29 is 42.1 Å². The molecule has 0 spiro atoms. The van der Waals surface area contributed by atoms with Gasteiger partial charge in [0.1, 0.15) is 19.8 Å². The predicted octanol–water partition coefficient (Wildman–Crippen LogP) is 23.9. The van der Waals surface area contributed by atoms with Crippen molar-refractivity contribution in [3.63, 3.8) is 0 Å². The van der Waals surface area contributed by atoms with Gasteiger partial charge in [-0.25, -0.2) is 0 Å². The molecule has 0 N–H and O–H groups in total. The SMILES string of the molecule is CC/C=C\C/C=C\C/C=C\C/C=C\C/C=C\C/C=C\C/C=C\CCCCCC(=O)OC(COC(=O)CCCCCCCCCCCCCCCCCCCCCCCCCCCCCCCCCCCCCCCCC)COP(=O)([O-])OCC[N+](C)(C)C. The topological polar surface area (TPSA) is 111 Å². The summed E-state index contributed by atoms with van der Waals surface area (Å²) in [6, 6.07) is 0. The molecule has 0 aromatic rings. The van der Waals surface area contributed by atoms with Crippen molar-refractivity contribution in [1.82, 2.24) is 0 Å². The van der Waals surface area contributed by atoms with Crippen LogP contribution in [0.15, 0.2) is 85.1 Å². The molecule has 2 atom stereocenters. The zero-order valence-electron chi connectivity index (χ0n) is 58.4. The van der Waals surface area contributed by atoms with Gasteiger partial charge >= 0.3 is 11.9 Å². The molecule has 0 saturated heterocycles. The summed E-state index contributed by atoms with van der Waals surface area (Å²) in [4.78, 5) is 38.1. The minimum absolute atomic E-state index is 0.0405. The first kappa shape index (κ1) is 85.2. The van der Waals surface area contributed by atoms with E-state index in [4.69, 9.17) is 18.5 Å². The summed E-state index contributed by atoms with van der Waals surface area (Å²) < 4.78 is 34.3. The Balaban J connectivity index is 3.97. The minimum Gasteiger partial charge on any atom is -0.756 e. The Hall–Kier alpha value is -2.81. The van der Waals surface area contributed by atoms with Crippen molar-refractivity contribution in [1.29, 1.82) is 0 Å². The summed E-state index contributed by atoms with van der Waals surface area (Å²) in [5, 5.41) is 0. The number of phosphoric acid groups is 1. The van der Waals surface area contributed by atoms with Gasteiger partial charge in [-0.3, -0.25) is 14.2 Å². The van der Waals surface area contributed by atoms with E-state index in [2.05, 4.69) is 98.9 Å². The van der Waals surface area contributed by atoms with Gasteiger partial charge in [0.05, 0.1) is 27.7 Å². The zero-order chi connectivity index (χ0) is 64.1. The number of carbonyl (C=O) groups is 2. The number of unbranched alkanes of at least 4 members (excludes halogenated alkanes) is 41. The van der Waals surface area contributed by atoms with E-state index >= 15 is 0 Å². The van der Waals surface area contributed by atoms with Gasteiger partial charge in [-0.15, -0.1) is 0 Å². The third kappa shape index (κ3) is 72.3. The first-order chi connectivity index (χ1) is 43.0. The molecule has 2 unspecified atom stereocenters. The van der Waals surface area contributed by atoms with Crippen LogP contribution in [-0.4, -0.2) is 70.0 Å². The second-order valence-electron chi connectivity index (χ2n) is 26.3. The molecule has 9 nitrogen and oxygen atoms in total. The summed E-state index contributed by atoms with van der Waals surface area (Å²) in [5.41, 5.74) is 0. The maximum atomic E-state index is 12.8. The highest BCUT2D eigenvalue weighted by atomic mass is 31.2. The Morgan fingerprint density at radius 1 is 0.364 bits per heavy atom. The van der Waals surface area contributed by atoms with Crippen molar-refractivity contribution in [2.45, 2.75) is 354 Å². The van der Waals surface area contributed by atoms with Gasteiger partial charge in [-0.05, 0) is 70.6 Å². The molecular weight excluding hydrogens is 1110 g/mol. The highest BCUT2D eigenvalue weighted by Crippen LogP contribution is 2.38. The largest absolute Gasteiger partial charge is 0.756 e. The number of esters is 2. The zero-order valence-corrected chi connectivity index (χ0v) is 59.3. The van der Waals surface area contributed by atoms with Crippen molar-refractivity contribution in [2.75, 3.05) is 47.5 Å². The van der Waals surface area contributed by atoms with Crippen LogP contribution in [0.5, 0.6) is 0 Å². The van der Waals surface area contributed by atoms with Crippen LogP contribution in [0.3, 0.4) is 0 Å². The van der Waals surface area contributed by atoms with Crippen LogP contribution < -0.4 is 4.89 Å². The van der Waals surface area contributed by atoms with Crippen LogP contribution in [-0.2, 0) is 32.7 Å². The lowest BCUT2D eigenvalue weighted by atomic mass is 10.0. The maximum absolute atomic E-state index is 12.8. The summed E-state index contributed by atoms with van der Waals surface area (Å²) in [6.45, 7) is 4.13. The number of rotatable bonds is 69. The molecule has 0 aliphatic carbocycles. The first-order valence-electron chi connectivity index (χ1n) is 37.3. The molecule has 0 saturated carbocycles. The van der Waals surface area contributed by atoms with Gasteiger partial charge in [-0.2, -0.15) is 0 Å². The number of likely N-dealkylation sites (N-methyl/N-ethyl adjacent to an activating group) is 1. The Labute approximate surface area is 545 Å². The third-order valence-corrected chi connectivity index (χ3v) is 17.4. The van der Waals surface area contributed by atoms with Crippen LogP contribution in [0.25, 0.3) is 0 Å². The molecule has 0 aliphatic heterocycles. The fraction of sp³-hybridized carbons (Fsp3) is 0.795. The molecule has 88 heavy (non-hydrogen) atoms. The maximum Gasteiger partial charge on any atom is 0.306 e. The highest BCUT2D eigenvalue weighted by molar-refractivity contribution is 7.45. The van der Waals surface area contributed by atoms with Crippen molar-refractivity contribution in [2.24, 2.45) is 0 Å². The molecule has 0 aromatic heterocycles. The quantitative estimate of drug-likeness (QED) is 0.0195. The molecule has 0 rings (SSSR count). The number of nitrogens with zero attached hydrogens (tertiary/aromatic N) is 1. The van der Waals surface area contributed by atoms with Crippen LogP contribution in [0, 0.1) is 0 Å². The van der Waals surface area contributed by atoms with E-state index < -0.39 is 26.5 Å². The summed E-state index contributed by atoms with van der Waals surface area (Å²) in [7, 11) is 1.14. The van der Waals surface area contributed by atoms with Gasteiger partial charge in [0, 0.05) is 12.8 Å². The smallest absolute Gasteiger partial charge is 0.306 e. The number of hydrogen-bond acceptors (Lipinski definition) is 8. The molecule has 0 radical (unpaired) electrons. The molecule has 0 fully saturated rings. The van der Waals surface area contributed by atoms with E-state index in [0.717, 1.165) is 83.5 Å². The summed E-state index contributed by atoms with van der Waals surface area (Å²) in [6.07, 6.45) is 94.2. The fourth-order valence-electron chi connectivity index (χ4n) is 10.8. The monoisotopic (exact) mass is 1250 g/mol. The van der Waals surface area contributed by atoms with Gasteiger partial charge < -0.3 is 27.9 Å². The molecule has 0 bridgehead atoms. The van der Waals surface area contributed by atoms with Gasteiger partial charge in [0.25, 0.3) is 7.82 Å². The third-order valence-electron chi connectivity index (χ3n) is 16.4. The van der Waals surface area contributed by atoms with Gasteiger partial charge in [0.2, 0.25) is 0 Å². The standard InChI is InChI=1S/C78H142NO8P/c1-6-8-10-12-14-16-18-20-22-24-26-28-30-32-33-34-35-36-37-38-39-40-41-42-43-44-45-47-48-50-52-54-56-58-60-62-64-66-68-70-77(80)84-74-76(75-86-88(82,83)85-73-72-79(3,4)5)87-78(81)71-69-67-65-63-61-59-57-55-53-51-49-46-31-29-27-25-23-21-19-17-15-13-11-9-7-2/h9,11,15,17,21,23,27,29,46,49,53,55,59,61,76H,6-8,10,12-14,16,18-20,22,24-26,28,30-45,47-48,50-52,54,56-58,60,62-75H2,1-5H3/b11-9-,17-15-,23-21-,29-27-,49-46-,55-53-,61-59-. The van der Waals surface area contributed by atoms with Gasteiger partial charge in [0.15, 0.2) is 6.10 Å². The Kier molecular flexibility index (Phi) is 66.4. The van der Waals surface area contributed by atoms with E-state index in [9.17, 15) is 19.0 Å². The molecule has 0 aliphatic rings. The second-order valence-corrected chi connectivity index (χ2v) is 27.7. The van der Waals surface area contributed by atoms with E-state index in [1.807, 2.05) is 21.1 Å². The summed E-state index contributed by atoms with van der Waals surface area (Å²) >= 11 is 0. The van der Waals surface area contributed by atoms with E-state index in [0.29, 0.717) is 17.4 Å². The van der Waals surface area contributed by atoms with Crippen LogP contribution >= 0.6 is 7.82 Å². The number of hydrogen-bond donors (Lipinski definition) is 0. The van der Waals surface area contributed by atoms with E-state index in [1.165, 1.54) is 231 Å². The number of phosphoric ester groups is 1. The molecule has 10 heteroatoms. The molecule has 0 heterocycles. The lowest BCUT2D eigenvalue weighted by Crippen LogP contribution is -2.37. The van der Waals surface area contributed by atoms with Crippen LogP contribution in [0.1, 0.15) is 348 Å². The molecule has 0 aromatic carbocycles. The summed E-state index contributed by atoms with van der Waals surface area (Å²) in [5.74, 6) is -0.863. The lowest BCUT2D eigenvalue weighted by molar-refractivity contribution is -0.870. The normalized spacial score (nSPS) is 13.6. The average molecular weight is 1250 g/mol. The second kappa shape index (κ2) is 68.6. The predicted molar refractivity (Wildman–Crippen MR) is 379 cm³/mol. The minimum atomic E-state index is -4.66. The van der Waals surface area contributed by atoms with E-state index in [-0.39, 0.29) is 32.0 Å². The highest BCUT2D eigenvalue weighted by Gasteiger charge is 2.22.